The zero-order chi connectivity index (χ0) is 10.2. The lowest BCUT2D eigenvalue weighted by Gasteiger charge is -2.11. The van der Waals surface area contributed by atoms with Crippen molar-refractivity contribution in [1.82, 2.24) is 10.3 Å². The number of thiazole rings is 1. The molecule has 2 nitrogen and oxygen atoms in total. The Hall–Kier alpha value is -0.0600. The Morgan fingerprint density at radius 3 is 3.14 bits per heavy atom. The molecule has 1 rings (SSSR count). The van der Waals surface area contributed by atoms with Crippen molar-refractivity contribution in [2.45, 2.75) is 32.9 Å². The Bertz CT molecular complexity index is 224. The zero-order valence-corrected chi connectivity index (χ0v) is 10.5. The van der Waals surface area contributed by atoms with Gasteiger partial charge in [-0.1, -0.05) is 6.92 Å². The fraction of sp³-hybridized carbons (Fsp3) is 0.700. The number of nitrogens with one attached hydrogen (secondary N) is 1. The Morgan fingerprint density at radius 1 is 1.64 bits per heavy atom. The van der Waals surface area contributed by atoms with Crippen molar-refractivity contribution in [3.63, 3.8) is 0 Å². The second kappa shape index (κ2) is 7.26. The molecule has 0 amide bonds. The van der Waals surface area contributed by atoms with Crippen molar-refractivity contribution in [3.8, 4) is 0 Å². The SMILES string of the molecule is CCSCCC(C)NCc1cscn1. The van der Waals surface area contributed by atoms with E-state index in [2.05, 4.69) is 29.5 Å². The topological polar surface area (TPSA) is 24.9 Å². The maximum absolute atomic E-state index is 4.24. The molecule has 1 aromatic rings. The lowest BCUT2D eigenvalue weighted by molar-refractivity contribution is 0.533. The van der Waals surface area contributed by atoms with Gasteiger partial charge in [0.15, 0.2) is 0 Å². The minimum atomic E-state index is 0.593. The second-order valence-corrected chi connectivity index (χ2v) is 5.36. The quantitative estimate of drug-likeness (QED) is 0.729. The summed E-state index contributed by atoms with van der Waals surface area (Å²) >= 11 is 3.66. The Kier molecular flexibility index (Phi) is 6.23. The highest BCUT2D eigenvalue weighted by atomic mass is 32.2. The van der Waals surface area contributed by atoms with Gasteiger partial charge in [0, 0.05) is 18.0 Å². The fourth-order valence-corrected chi connectivity index (χ4v) is 2.48. The van der Waals surface area contributed by atoms with E-state index in [9.17, 15) is 0 Å². The second-order valence-electron chi connectivity index (χ2n) is 3.25. The molecule has 80 valence electrons. The van der Waals surface area contributed by atoms with Crippen molar-refractivity contribution >= 4 is 23.1 Å². The molecule has 0 spiro atoms. The van der Waals surface area contributed by atoms with Crippen molar-refractivity contribution in [2.24, 2.45) is 0 Å². The molecular weight excluding hydrogens is 212 g/mol. The zero-order valence-electron chi connectivity index (χ0n) is 8.82. The molecule has 1 heterocycles. The predicted molar refractivity (Wildman–Crippen MR) is 66.0 cm³/mol. The molecule has 1 N–H and O–H groups in total. The number of thioether (sulfide) groups is 1. The van der Waals surface area contributed by atoms with E-state index >= 15 is 0 Å². The van der Waals surface area contributed by atoms with E-state index in [1.165, 1.54) is 17.9 Å². The van der Waals surface area contributed by atoms with Gasteiger partial charge in [-0.15, -0.1) is 11.3 Å². The maximum atomic E-state index is 4.24. The lowest BCUT2D eigenvalue weighted by Crippen LogP contribution is -2.26. The van der Waals surface area contributed by atoms with Crippen LogP contribution in [0.25, 0.3) is 0 Å². The fourth-order valence-electron chi connectivity index (χ4n) is 1.11. The van der Waals surface area contributed by atoms with Crippen LogP contribution in [0.3, 0.4) is 0 Å². The standard InChI is InChI=1S/C10H18N2S2/c1-3-13-5-4-9(2)11-6-10-7-14-8-12-10/h7-9,11H,3-6H2,1-2H3. The van der Waals surface area contributed by atoms with Crippen LogP contribution in [0, 0.1) is 0 Å². The summed E-state index contributed by atoms with van der Waals surface area (Å²) in [5.41, 5.74) is 3.04. The summed E-state index contributed by atoms with van der Waals surface area (Å²) < 4.78 is 0. The molecule has 4 heteroatoms. The van der Waals surface area contributed by atoms with E-state index in [1.54, 1.807) is 11.3 Å². The van der Waals surface area contributed by atoms with Crippen LogP contribution in [0.1, 0.15) is 26.0 Å². The molecule has 0 bridgehead atoms. The predicted octanol–water partition coefficient (Wildman–Crippen LogP) is 2.76. The number of hydrogen-bond acceptors (Lipinski definition) is 4. The molecule has 0 aromatic carbocycles. The molecule has 0 aliphatic rings. The molecule has 0 fully saturated rings. The third-order valence-corrected chi connectivity index (χ3v) is 3.58. The number of aromatic nitrogens is 1. The smallest absolute Gasteiger partial charge is 0.0795 e. The largest absolute Gasteiger partial charge is 0.309 e. The molecule has 0 aliphatic carbocycles. The van der Waals surface area contributed by atoms with Crippen LogP contribution >= 0.6 is 23.1 Å². The average molecular weight is 230 g/mol. The van der Waals surface area contributed by atoms with Crippen LogP contribution in [0.4, 0.5) is 0 Å². The van der Waals surface area contributed by atoms with Crippen LogP contribution in [-0.2, 0) is 6.54 Å². The molecule has 14 heavy (non-hydrogen) atoms. The lowest BCUT2D eigenvalue weighted by atomic mass is 10.2. The van der Waals surface area contributed by atoms with Crippen LogP contribution < -0.4 is 5.32 Å². The van der Waals surface area contributed by atoms with Crippen LogP contribution in [0.2, 0.25) is 0 Å². The molecule has 0 saturated carbocycles. The van der Waals surface area contributed by atoms with Crippen molar-refractivity contribution in [1.29, 1.82) is 0 Å². The molecule has 1 atom stereocenters. The highest BCUT2D eigenvalue weighted by Crippen LogP contribution is 2.05. The first kappa shape index (κ1) is 12.0. The van der Waals surface area contributed by atoms with Gasteiger partial charge < -0.3 is 5.32 Å². The first-order valence-corrected chi connectivity index (χ1v) is 7.11. The molecule has 1 unspecified atom stereocenters. The Labute approximate surface area is 94.5 Å². The van der Waals surface area contributed by atoms with Gasteiger partial charge >= 0.3 is 0 Å². The average Bonchev–Trinajstić information content (AvgIpc) is 2.68. The van der Waals surface area contributed by atoms with E-state index in [0.717, 1.165) is 12.2 Å². The highest BCUT2D eigenvalue weighted by molar-refractivity contribution is 7.99. The first-order valence-electron chi connectivity index (χ1n) is 5.01. The summed E-state index contributed by atoms with van der Waals surface area (Å²) in [6.07, 6.45) is 1.24. The van der Waals surface area contributed by atoms with Crippen LogP contribution in [0.15, 0.2) is 10.9 Å². The van der Waals surface area contributed by atoms with Crippen LogP contribution in [0.5, 0.6) is 0 Å². The van der Waals surface area contributed by atoms with Gasteiger partial charge in [0.05, 0.1) is 11.2 Å². The monoisotopic (exact) mass is 230 g/mol. The summed E-state index contributed by atoms with van der Waals surface area (Å²) in [5, 5.41) is 5.57. The number of rotatable bonds is 7. The Morgan fingerprint density at radius 2 is 2.50 bits per heavy atom. The number of hydrogen-bond donors (Lipinski definition) is 1. The van der Waals surface area contributed by atoms with E-state index in [0.29, 0.717) is 6.04 Å². The van der Waals surface area contributed by atoms with Gasteiger partial charge in [0.1, 0.15) is 0 Å². The molecule has 0 saturated heterocycles. The summed E-state index contributed by atoms with van der Waals surface area (Å²) in [6.45, 7) is 5.35. The van der Waals surface area contributed by atoms with Gasteiger partial charge in [0.2, 0.25) is 0 Å². The van der Waals surface area contributed by atoms with E-state index < -0.39 is 0 Å². The third-order valence-electron chi connectivity index (χ3n) is 2.01. The normalized spacial score (nSPS) is 13.0. The van der Waals surface area contributed by atoms with Gasteiger partial charge in [-0.3, -0.25) is 0 Å². The van der Waals surface area contributed by atoms with Gasteiger partial charge in [-0.25, -0.2) is 4.98 Å². The highest BCUT2D eigenvalue weighted by Gasteiger charge is 2.01. The molecule has 0 radical (unpaired) electrons. The van der Waals surface area contributed by atoms with E-state index in [-0.39, 0.29) is 0 Å². The summed E-state index contributed by atoms with van der Waals surface area (Å²) in [4.78, 5) is 4.24. The van der Waals surface area contributed by atoms with Gasteiger partial charge in [-0.05, 0) is 24.9 Å². The number of nitrogens with zero attached hydrogens (tertiary/aromatic N) is 1. The van der Waals surface area contributed by atoms with E-state index in [4.69, 9.17) is 0 Å². The van der Waals surface area contributed by atoms with Crippen molar-refractivity contribution < 1.29 is 0 Å². The third kappa shape index (κ3) is 4.98. The minimum Gasteiger partial charge on any atom is -0.309 e. The summed E-state index contributed by atoms with van der Waals surface area (Å²) in [5.74, 6) is 2.47. The van der Waals surface area contributed by atoms with E-state index in [1.807, 2.05) is 17.3 Å². The summed E-state index contributed by atoms with van der Waals surface area (Å²) in [7, 11) is 0. The van der Waals surface area contributed by atoms with Crippen LogP contribution in [-0.4, -0.2) is 22.5 Å². The van der Waals surface area contributed by atoms with Crippen molar-refractivity contribution in [3.05, 3.63) is 16.6 Å². The molecule has 0 aliphatic heterocycles. The summed E-state index contributed by atoms with van der Waals surface area (Å²) in [6, 6.07) is 0.593. The van der Waals surface area contributed by atoms with Gasteiger partial charge in [-0.2, -0.15) is 11.8 Å². The molecular formula is C10H18N2S2. The van der Waals surface area contributed by atoms with Gasteiger partial charge in [0.25, 0.3) is 0 Å². The maximum Gasteiger partial charge on any atom is 0.0795 e. The first-order chi connectivity index (χ1) is 6.83. The van der Waals surface area contributed by atoms with Crippen molar-refractivity contribution in [2.75, 3.05) is 11.5 Å². The molecule has 1 aromatic heterocycles. The minimum absolute atomic E-state index is 0.593. The Balaban J connectivity index is 2.06.